The van der Waals surface area contributed by atoms with Crippen molar-refractivity contribution in [2.24, 2.45) is 0 Å². The summed E-state index contributed by atoms with van der Waals surface area (Å²) in [6.45, 7) is 6.13. The normalized spacial score (nSPS) is 25.0. The van der Waals surface area contributed by atoms with Crippen molar-refractivity contribution < 1.29 is 5.11 Å². The molecule has 1 saturated heterocycles. The number of aliphatic hydroxyl groups excluding tert-OH is 1. The molecule has 2 N–H and O–H groups in total. The van der Waals surface area contributed by atoms with Gasteiger partial charge in [0.15, 0.2) is 0 Å². The van der Waals surface area contributed by atoms with Crippen molar-refractivity contribution in [1.29, 1.82) is 0 Å². The zero-order valence-corrected chi connectivity index (χ0v) is 7.92. The average molecular weight is 172 g/mol. The Hall–Kier alpha value is -0.120. The number of rotatable bonds is 5. The molecule has 1 aliphatic heterocycles. The lowest BCUT2D eigenvalue weighted by molar-refractivity contribution is 0.173. The van der Waals surface area contributed by atoms with Gasteiger partial charge in [0.1, 0.15) is 0 Å². The zero-order chi connectivity index (χ0) is 8.81. The summed E-state index contributed by atoms with van der Waals surface area (Å²) in [5.41, 5.74) is 0. The zero-order valence-electron chi connectivity index (χ0n) is 7.92. The van der Waals surface area contributed by atoms with Gasteiger partial charge < -0.3 is 10.4 Å². The molecule has 1 fully saturated rings. The molecule has 0 spiro atoms. The van der Waals surface area contributed by atoms with E-state index in [4.69, 9.17) is 0 Å². The second kappa shape index (κ2) is 5.51. The van der Waals surface area contributed by atoms with Gasteiger partial charge in [-0.05, 0) is 19.4 Å². The first-order chi connectivity index (χ1) is 5.83. The summed E-state index contributed by atoms with van der Waals surface area (Å²) in [4.78, 5) is 2.26. The van der Waals surface area contributed by atoms with Crippen molar-refractivity contribution in [3.63, 3.8) is 0 Å². The third kappa shape index (κ3) is 3.52. The van der Waals surface area contributed by atoms with E-state index in [1.807, 2.05) is 0 Å². The molecule has 0 aromatic heterocycles. The van der Waals surface area contributed by atoms with Crippen LogP contribution in [0.1, 0.15) is 26.2 Å². The molecule has 0 aromatic rings. The van der Waals surface area contributed by atoms with Gasteiger partial charge in [0.25, 0.3) is 0 Å². The smallest absolute Gasteiger partial charge is 0.0679 e. The Labute approximate surface area is 74.8 Å². The molecule has 12 heavy (non-hydrogen) atoms. The monoisotopic (exact) mass is 172 g/mol. The van der Waals surface area contributed by atoms with E-state index in [9.17, 15) is 5.11 Å². The standard InChI is InChI=1S/C9H20N2O/c1-2-3-5-10-8-11-6-4-9(12)7-11/h9-10,12H,2-8H2,1H3. The summed E-state index contributed by atoms with van der Waals surface area (Å²) in [6.07, 6.45) is 3.35. The summed E-state index contributed by atoms with van der Waals surface area (Å²) in [6, 6.07) is 0. The van der Waals surface area contributed by atoms with E-state index < -0.39 is 0 Å². The molecule has 3 heteroatoms. The Morgan fingerprint density at radius 2 is 2.42 bits per heavy atom. The predicted octanol–water partition coefficient (Wildman–Crippen LogP) is 0.400. The Balaban J connectivity index is 1.93. The summed E-state index contributed by atoms with van der Waals surface area (Å²) in [5.74, 6) is 0. The molecule has 0 saturated carbocycles. The van der Waals surface area contributed by atoms with Crippen LogP contribution in [0.3, 0.4) is 0 Å². The van der Waals surface area contributed by atoms with Gasteiger partial charge in [0, 0.05) is 19.8 Å². The third-order valence-corrected chi connectivity index (χ3v) is 2.29. The number of β-amino-alcohol motifs (C(OH)–C–C–N with tert-alkyl or cyclic N) is 1. The van der Waals surface area contributed by atoms with Gasteiger partial charge in [0.05, 0.1) is 6.10 Å². The molecule has 72 valence electrons. The van der Waals surface area contributed by atoms with Gasteiger partial charge in [-0.25, -0.2) is 0 Å². The molecular formula is C9H20N2O. The van der Waals surface area contributed by atoms with Crippen LogP contribution >= 0.6 is 0 Å². The Morgan fingerprint density at radius 3 is 3.00 bits per heavy atom. The molecule has 3 nitrogen and oxygen atoms in total. The second-order valence-corrected chi connectivity index (χ2v) is 3.53. The number of hydrogen-bond donors (Lipinski definition) is 2. The first-order valence-corrected chi connectivity index (χ1v) is 4.94. The number of nitrogens with zero attached hydrogens (tertiary/aromatic N) is 1. The molecular weight excluding hydrogens is 152 g/mol. The Kier molecular flexibility index (Phi) is 4.58. The summed E-state index contributed by atoms with van der Waals surface area (Å²) >= 11 is 0. The third-order valence-electron chi connectivity index (χ3n) is 2.29. The molecule has 0 bridgehead atoms. The van der Waals surface area contributed by atoms with Gasteiger partial charge in [-0.2, -0.15) is 0 Å². The van der Waals surface area contributed by atoms with E-state index in [1.165, 1.54) is 12.8 Å². The van der Waals surface area contributed by atoms with Crippen molar-refractivity contribution in [1.82, 2.24) is 10.2 Å². The van der Waals surface area contributed by atoms with Gasteiger partial charge >= 0.3 is 0 Å². The molecule has 0 aromatic carbocycles. The SMILES string of the molecule is CCCCNCN1CCC(O)C1. The van der Waals surface area contributed by atoms with Crippen molar-refractivity contribution in [3.05, 3.63) is 0 Å². The van der Waals surface area contributed by atoms with Gasteiger partial charge in [-0.3, -0.25) is 4.90 Å². The van der Waals surface area contributed by atoms with E-state index in [0.717, 1.165) is 32.7 Å². The number of hydrogen-bond acceptors (Lipinski definition) is 3. The van der Waals surface area contributed by atoms with Crippen LogP contribution in [-0.4, -0.2) is 42.4 Å². The first kappa shape index (κ1) is 9.96. The highest BCUT2D eigenvalue weighted by Gasteiger charge is 2.18. The molecule has 0 amide bonds. The number of likely N-dealkylation sites (tertiary alicyclic amines) is 1. The molecule has 0 radical (unpaired) electrons. The van der Waals surface area contributed by atoms with Crippen molar-refractivity contribution in [3.8, 4) is 0 Å². The maximum Gasteiger partial charge on any atom is 0.0679 e. The van der Waals surface area contributed by atoms with Gasteiger partial charge in [-0.1, -0.05) is 13.3 Å². The van der Waals surface area contributed by atoms with Crippen LogP contribution in [0.25, 0.3) is 0 Å². The van der Waals surface area contributed by atoms with E-state index in [-0.39, 0.29) is 6.10 Å². The topological polar surface area (TPSA) is 35.5 Å². The molecule has 1 aliphatic rings. The summed E-state index contributed by atoms with van der Waals surface area (Å²) in [7, 11) is 0. The number of nitrogens with one attached hydrogen (secondary N) is 1. The van der Waals surface area contributed by atoms with Gasteiger partial charge in [0.2, 0.25) is 0 Å². The van der Waals surface area contributed by atoms with Gasteiger partial charge in [-0.15, -0.1) is 0 Å². The van der Waals surface area contributed by atoms with E-state index in [0.29, 0.717) is 0 Å². The van der Waals surface area contributed by atoms with Crippen molar-refractivity contribution >= 4 is 0 Å². The fourth-order valence-corrected chi connectivity index (χ4v) is 1.49. The molecule has 1 heterocycles. The average Bonchev–Trinajstić information content (AvgIpc) is 2.45. The molecule has 0 aliphatic carbocycles. The maximum absolute atomic E-state index is 9.23. The van der Waals surface area contributed by atoms with Crippen molar-refractivity contribution in [2.75, 3.05) is 26.3 Å². The lowest BCUT2D eigenvalue weighted by Crippen LogP contribution is -2.33. The van der Waals surface area contributed by atoms with Crippen LogP contribution in [0.4, 0.5) is 0 Å². The fraction of sp³-hybridized carbons (Fsp3) is 1.00. The predicted molar refractivity (Wildman–Crippen MR) is 50.0 cm³/mol. The minimum atomic E-state index is -0.0852. The Morgan fingerprint density at radius 1 is 1.58 bits per heavy atom. The van der Waals surface area contributed by atoms with Crippen LogP contribution in [-0.2, 0) is 0 Å². The van der Waals surface area contributed by atoms with E-state index in [1.54, 1.807) is 0 Å². The fourth-order valence-electron chi connectivity index (χ4n) is 1.49. The maximum atomic E-state index is 9.23. The lowest BCUT2D eigenvalue weighted by Gasteiger charge is -2.15. The van der Waals surface area contributed by atoms with Crippen LogP contribution < -0.4 is 5.32 Å². The summed E-state index contributed by atoms with van der Waals surface area (Å²) < 4.78 is 0. The van der Waals surface area contributed by atoms with Crippen LogP contribution in [0.2, 0.25) is 0 Å². The quantitative estimate of drug-likeness (QED) is 0.589. The highest BCUT2D eigenvalue weighted by atomic mass is 16.3. The largest absolute Gasteiger partial charge is 0.392 e. The Bertz CT molecular complexity index is 119. The second-order valence-electron chi connectivity index (χ2n) is 3.53. The number of aliphatic hydroxyl groups is 1. The molecule has 1 atom stereocenters. The molecule has 1 unspecified atom stereocenters. The lowest BCUT2D eigenvalue weighted by atomic mass is 10.3. The van der Waals surface area contributed by atoms with E-state index >= 15 is 0 Å². The van der Waals surface area contributed by atoms with E-state index in [2.05, 4.69) is 17.1 Å². The van der Waals surface area contributed by atoms with Crippen LogP contribution in [0.5, 0.6) is 0 Å². The highest BCUT2D eigenvalue weighted by molar-refractivity contribution is 4.73. The minimum Gasteiger partial charge on any atom is -0.392 e. The number of unbranched alkanes of at least 4 members (excludes halogenated alkanes) is 1. The minimum absolute atomic E-state index is 0.0852. The van der Waals surface area contributed by atoms with Crippen LogP contribution in [0, 0.1) is 0 Å². The summed E-state index contributed by atoms with van der Waals surface area (Å²) in [5, 5.41) is 12.6. The van der Waals surface area contributed by atoms with Crippen LogP contribution in [0.15, 0.2) is 0 Å². The first-order valence-electron chi connectivity index (χ1n) is 4.94. The van der Waals surface area contributed by atoms with Crippen molar-refractivity contribution in [2.45, 2.75) is 32.3 Å². The molecule has 1 rings (SSSR count). The highest BCUT2D eigenvalue weighted by Crippen LogP contribution is 2.06.